The molecule has 1 unspecified atom stereocenters. The van der Waals surface area contributed by atoms with Gasteiger partial charge in [0.05, 0.1) is 6.04 Å². The maximum Gasteiger partial charge on any atom is 0.0745 e. The highest BCUT2D eigenvalue weighted by atomic mass is 14.8. The molecule has 1 aliphatic heterocycles. The highest BCUT2D eigenvalue weighted by Gasteiger charge is 2.11. The van der Waals surface area contributed by atoms with Crippen LogP contribution in [0.1, 0.15) is 37.3 Å². The van der Waals surface area contributed by atoms with Crippen molar-refractivity contribution in [1.82, 2.24) is 0 Å². The van der Waals surface area contributed by atoms with Crippen LogP contribution in [0, 0.1) is 0 Å². The summed E-state index contributed by atoms with van der Waals surface area (Å²) >= 11 is 0. The summed E-state index contributed by atoms with van der Waals surface area (Å²) in [7, 11) is 0. The first kappa shape index (κ1) is 10.5. The van der Waals surface area contributed by atoms with E-state index >= 15 is 0 Å². The van der Waals surface area contributed by atoms with Gasteiger partial charge >= 0.3 is 0 Å². The predicted molar refractivity (Wildman–Crippen MR) is 73.6 cm³/mol. The largest absolute Gasteiger partial charge is 0.289 e. The molecule has 1 nitrogen and oxygen atoms in total. The lowest BCUT2D eigenvalue weighted by Crippen LogP contribution is -1.94. The zero-order valence-electron chi connectivity index (χ0n) is 9.97. The molecular formula is C16H17N. The SMILES string of the molecule is C1=NC(c2ccc3ccccc3c2)CCCC1. The van der Waals surface area contributed by atoms with Gasteiger partial charge in [0.25, 0.3) is 0 Å². The molecule has 17 heavy (non-hydrogen) atoms. The van der Waals surface area contributed by atoms with Crippen molar-refractivity contribution in [3.8, 4) is 0 Å². The van der Waals surface area contributed by atoms with Crippen LogP contribution >= 0.6 is 0 Å². The molecule has 0 radical (unpaired) electrons. The number of fused-ring (bicyclic) bond motifs is 1. The Morgan fingerprint density at radius 1 is 0.941 bits per heavy atom. The Morgan fingerprint density at radius 2 is 1.82 bits per heavy atom. The smallest absolute Gasteiger partial charge is 0.0745 e. The van der Waals surface area contributed by atoms with Crippen LogP contribution in [0.3, 0.4) is 0 Å². The fourth-order valence-corrected chi connectivity index (χ4v) is 2.52. The van der Waals surface area contributed by atoms with Gasteiger partial charge in [-0.3, -0.25) is 4.99 Å². The van der Waals surface area contributed by atoms with Crippen LogP contribution in [0.15, 0.2) is 47.5 Å². The second kappa shape index (κ2) is 4.70. The molecule has 0 spiro atoms. The quantitative estimate of drug-likeness (QED) is 0.673. The van der Waals surface area contributed by atoms with E-state index in [9.17, 15) is 0 Å². The third-order valence-corrected chi connectivity index (χ3v) is 3.50. The maximum atomic E-state index is 4.68. The molecule has 0 saturated carbocycles. The molecule has 1 heteroatoms. The summed E-state index contributed by atoms with van der Waals surface area (Å²) in [6.45, 7) is 0. The third kappa shape index (κ3) is 2.23. The molecule has 3 rings (SSSR count). The Bertz CT molecular complexity index is 542. The Hall–Kier alpha value is -1.63. The summed E-state index contributed by atoms with van der Waals surface area (Å²) in [5.41, 5.74) is 1.36. The molecule has 1 aliphatic rings. The molecule has 0 bridgehead atoms. The van der Waals surface area contributed by atoms with Crippen LogP contribution < -0.4 is 0 Å². The summed E-state index contributed by atoms with van der Waals surface area (Å²) < 4.78 is 0. The lowest BCUT2D eigenvalue weighted by Gasteiger charge is -2.11. The summed E-state index contributed by atoms with van der Waals surface area (Å²) in [6, 6.07) is 15.6. The zero-order valence-corrected chi connectivity index (χ0v) is 9.97. The third-order valence-electron chi connectivity index (χ3n) is 3.50. The van der Waals surface area contributed by atoms with Crippen molar-refractivity contribution >= 4 is 17.0 Å². The summed E-state index contributed by atoms with van der Waals surface area (Å²) in [5, 5.41) is 2.64. The Morgan fingerprint density at radius 3 is 2.76 bits per heavy atom. The molecule has 2 aromatic rings. The van der Waals surface area contributed by atoms with Crippen molar-refractivity contribution < 1.29 is 0 Å². The van der Waals surface area contributed by atoms with Crippen molar-refractivity contribution in [1.29, 1.82) is 0 Å². The van der Waals surface area contributed by atoms with Gasteiger partial charge in [0.2, 0.25) is 0 Å². The van der Waals surface area contributed by atoms with Gasteiger partial charge in [-0.2, -0.15) is 0 Å². The minimum absolute atomic E-state index is 0.377. The molecule has 1 heterocycles. The summed E-state index contributed by atoms with van der Waals surface area (Å²) in [6.07, 6.45) is 7.01. The van der Waals surface area contributed by atoms with E-state index in [-0.39, 0.29) is 0 Å². The Labute approximate surface area is 102 Å². The average molecular weight is 223 g/mol. The summed E-state index contributed by atoms with van der Waals surface area (Å²) in [4.78, 5) is 4.68. The van der Waals surface area contributed by atoms with Crippen LogP contribution in [0.4, 0.5) is 0 Å². The molecule has 0 saturated heterocycles. The number of nitrogens with zero attached hydrogens (tertiary/aromatic N) is 1. The molecule has 0 aromatic heterocycles. The molecule has 2 aromatic carbocycles. The van der Waals surface area contributed by atoms with E-state index in [0.717, 1.165) is 6.42 Å². The molecule has 1 atom stereocenters. The van der Waals surface area contributed by atoms with Gasteiger partial charge in [-0.25, -0.2) is 0 Å². The van der Waals surface area contributed by atoms with Gasteiger partial charge in [-0.05, 0) is 47.9 Å². The molecular weight excluding hydrogens is 206 g/mol. The van der Waals surface area contributed by atoms with Gasteiger partial charge in [0.1, 0.15) is 0 Å². The van der Waals surface area contributed by atoms with E-state index < -0.39 is 0 Å². The molecule has 86 valence electrons. The predicted octanol–water partition coefficient (Wildman–Crippen LogP) is 4.53. The van der Waals surface area contributed by atoms with E-state index in [1.165, 1.54) is 35.6 Å². The van der Waals surface area contributed by atoms with Gasteiger partial charge in [-0.15, -0.1) is 0 Å². The van der Waals surface area contributed by atoms with Gasteiger partial charge in [-0.1, -0.05) is 42.8 Å². The van der Waals surface area contributed by atoms with Gasteiger partial charge in [0, 0.05) is 0 Å². The molecule has 0 amide bonds. The monoisotopic (exact) mass is 223 g/mol. The van der Waals surface area contributed by atoms with Gasteiger partial charge < -0.3 is 0 Å². The minimum Gasteiger partial charge on any atom is -0.289 e. The topological polar surface area (TPSA) is 12.4 Å². The first-order valence-corrected chi connectivity index (χ1v) is 6.44. The zero-order chi connectivity index (χ0) is 11.5. The second-order valence-electron chi connectivity index (χ2n) is 4.74. The number of hydrogen-bond donors (Lipinski definition) is 0. The Balaban J connectivity index is 1.99. The van der Waals surface area contributed by atoms with E-state index in [1.54, 1.807) is 0 Å². The normalized spacial score (nSPS) is 20.4. The van der Waals surface area contributed by atoms with Crippen molar-refractivity contribution in [2.24, 2.45) is 4.99 Å². The highest BCUT2D eigenvalue weighted by molar-refractivity contribution is 5.83. The Kier molecular flexibility index (Phi) is 2.91. The van der Waals surface area contributed by atoms with Crippen molar-refractivity contribution in [3.63, 3.8) is 0 Å². The van der Waals surface area contributed by atoms with Crippen LogP contribution in [-0.2, 0) is 0 Å². The number of aliphatic imine (C=N–C) groups is 1. The van der Waals surface area contributed by atoms with Crippen molar-refractivity contribution in [2.45, 2.75) is 31.7 Å². The van der Waals surface area contributed by atoms with Crippen LogP contribution in [0.2, 0.25) is 0 Å². The lowest BCUT2D eigenvalue weighted by molar-refractivity contribution is 0.619. The molecule has 0 N–H and O–H groups in total. The number of rotatable bonds is 1. The van der Waals surface area contributed by atoms with E-state index in [1.807, 2.05) is 0 Å². The van der Waals surface area contributed by atoms with E-state index in [0.29, 0.717) is 6.04 Å². The van der Waals surface area contributed by atoms with Crippen molar-refractivity contribution in [2.75, 3.05) is 0 Å². The number of hydrogen-bond acceptors (Lipinski definition) is 1. The maximum absolute atomic E-state index is 4.68. The standard InChI is InChI=1S/C16H17N/c1-2-8-16(17-11-5-1)15-10-9-13-6-3-4-7-14(13)12-15/h3-4,6-7,9-12,16H,1-2,5,8H2. The summed E-state index contributed by atoms with van der Waals surface area (Å²) in [5.74, 6) is 0. The first-order chi connectivity index (χ1) is 8.43. The number of benzene rings is 2. The van der Waals surface area contributed by atoms with Crippen LogP contribution in [0.5, 0.6) is 0 Å². The van der Waals surface area contributed by atoms with Crippen LogP contribution in [0.25, 0.3) is 10.8 Å². The first-order valence-electron chi connectivity index (χ1n) is 6.44. The van der Waals surface area contributed by atoms with Gasteiger partial charge in [0.15, 0.2) is 0 Å². The van der Waals surface area contributed by atoms with E-state index in [2.05, 4.69) is 53.7 Å². The molecule has 0 aliphatic carbocycles. The van der Waals surface area contributed by atoms with E-state index in [4.69, 9.17) is 0 Å². The highest BCUT2D eigenvalue weighted by Crippen LogP contribution is 2.28. The molecule has 0 fully saturated rings. The van der Waals surface area contributed by atoms with Crippen molar-refractivity contribution in [3.05, 3.63) is 48.0 Å². The lowest BCUT2D eigenvalue weighted by atomic mass is 9.99. The fraction of sp³-hybridized carbons (Fsp3) is 0.312. The average Bonchev–Trinajstić information content (AvgIpc) is 2.67. The minimum atomic E-state index is 0.377. The fourth-order valence-electron chi connectivity index (χ4n) is 2.52. The van der Waals surface area contributed by atoms with Crippen LogP contribution in [-0.4, -0.2) is 6.21 Å². The second-order valence-corrected chi connectivity index (χ2v) is 4.74.